The Kier molecular flexibility index (Phi) is 5.13. The maximum atomic E-state index is 6.02. The van der Waals surface area contributed by atoms with Crippen molar-refractivity contribution < 1.29 is 4.74 Å². The van der Waals surface area contributed by atoms with Crippen LogP contribution in [0.5, 0.6) is 5.75 Å². The Hall–Kier alpha value is -0.700. The molecule has 0 aliphatic carbocycles. The second kappa shape index (κ2) is 6.14. The van der Waals surface area contributed by atoms with Crippen molar-refractivity contribution >= 4 is 29.6 Å². The smallest absolute Gasteiger partial charge is 0.120 e. The molecule has 2 rings (SSSR count). The van der Waals surface area contributed by atoms with E-state index >= 15 is 0 Å². The highest BCUT2D eigenvalue weighted by molar-refractivity contribution is 6.30. The van der Waals surface area contributed by atoms with Gasteiger partial charge in [0, 0.05) is 11.6 Å². The van der Waals surface area contributed by atoms with E-state index in [1.165, 1.54) is 5.57 Å². The van der Waals surface area contributed by atoms with Crippen molar-refractivity contribution in [3.63, 3.8) is 0 Å². The molecule has 4 heteroatoms. The SMILES string of the molecule is COc1cc(Cl)cc(C2=CCCNC2)c1.Cl. The molecule has 88 valence electrons. The third-order valence-electron chi connectivity index (χ3n) is 2.51. The molecule has 0 fully saturated rings. The van der Waals surface area contributed by atoms with E-state index in [-0.39, 0.29) is 12.4 Å². The van der Waals surface area contributed by atoms with E-state index in [1.807, 2.05) is 18.2 Å². The van der Waals surface area contributed by atoms with E-state index in [0.717, 1.165) is 35.8 Å². The van der Waals surface area contributed by atoms with Crippen molar-refractivity contribution in [1.82, 2.24) is 5.32 Å². The van der Waals surface area contributed by atoms with Gasteiger partial charge < -0.3 is 10.1 Å². The van der Waals surface area contributed by atoms with Crippen molar-refractivity contribution in [1.29, 1.82) is 0 Å². The second-order valence-electron chi connectivity index (χ2n) is 3.57. The van der Waals surface area contributed by atoms with E-state index in [9.17, 15) is 0 Å². The molecule has 0 unspecified atom stereocenters. The molecule has 1 aromatic carbocycles. The van der Waals surface area contributed by atoms with Gasteiger partial charge in [-0.15, -0.1) is 12.4 Å². The number of rotatable bonds is 2. The number of benzene rings is 1. The molecule has 16 heavy (non-hydrogen) atoms. The molecular formula is C12H15Cl2NO. The zero-order chi connectivity index (χ0) is 10.7. The summed E-state index contributed by atoms with van der Waals surface area (Å²) in [7, 11) is 1.66. The van der Waals surface area contributed by atoms with Crippen LogP contribution in [0.4, 0.5) is 0 Å². The minimum absolute atomic E-state index is 0. The highest BCUT2D eigenvalue weighted by Crippen LogP contribution is 2.26. The number of hydrogen-bond acceptors (Lipinski definition) is 2. The Bertz CT molecular complexity index is 391. The van der Waals surface area contributed by atoms with Crippen LogP contribution < -0.4 is 10.1 Å². The summed E-state index contributed by atoms with van der Waals surface area (Å²) in [6.07, 6.45) is 3.33. The topological polar surface area (TPSA) is 21.3 Å². The molecule has 1 N–H and O–H groups in total. The highest BCUT2D eigenvalue weighted by atomic mass is 35.5. The fourth-order valence-electron chi connectivity index (χ4n) is 1.73. The van der Waals surface area contributed by atoms with Gasteiger partial charge in [-0.2, -0.15) is 0 Å². The van der Waals surface area contributed by atoms with Crippen LogP contribution in [0.3, 0.4) is 0 Å². The molecule has 2 nitrogen and oxygen atoms in total. The highest BCUT2D eigenvalue weighted by Gasteiger charge is 2.07. The van der Waals surface area contributed by atoms with Gasteiger partial charge in [0.25, 0.3) is 0 Å². The van der Waals surface area contributed by atoms with Crippen molar-refractivity contribution in [2.24, 2.45) is 0 Å². The van der Waals surface area contributed by atoms with Gasteiger partial charge in [0.2, 0.25) is 0 Å². The first-order valence-electron chi connectivity index (χ1n) is 5.04. The van der Waals surface area contributed by atoms with Gasteiger partial charge in [0.05, 0.1) is 7.11 Å². The van der Waals surface area contributed by atoms with Crippen LogP contribution in [0.25, 0.3) is 5.57 Å². The van der Waals surface area contributed by atoms with Crippen LogP contribution in [-0.2, 0) is 0 Å². The van der Waals surface area contributed by atoms with Crippen LogP contribution >= 0.6 is 24.0 Å². The average Bonchev–Trinajstić information content (AvgIpc) is 2.29. The predicted molar refractivity (Wildman–Crippen MR) is 70.7 cm³/mol. The summed E-state index contributed by atoms with van der Waals surface area (Å²) >= 11 is 6.02. The van der Waals surface area contributed by atoms with Crippen LogP contribution in [0.1, 0.15) is 12.0 Å². The lowest BCUT2D eigenvalue weighted by Gasteiger charge is -2.15. The molecule has 1 aliphatic rings. The maximum absolute atomic E-state index is 6.02. The van der Waals surface area contributed by atoms with Gasteiger partial charge in [-0.25, -0.2) is 0 Å². The predicted octanol–water partition coefficient (Wildman–Crippen LogP) is 3.15. The van der Waals surface area contributed by atoms with Crippen LogP contribution in [0, 0.1) is 0 Å². The lowest BCUT2D eigenvalue weighted by molar-refractivity contribution is 0.414. The number of methoxy groups -OCH3 is 1. The van der Waals surface area contributed by atoms with Crippen LogP contribution in [-0.4, -0.2) is 20.2 Å². The Morgan fingerprint density at radius 3 is 2.75 bits per heavy atom. The summed E-state index contributed by atoms with van der Waals surface area (Å²) in [5.74, 6) is 0.809. The molecule has 0 saturated carbocycles. The van der Waals surface area contributed by atoms with E-state index in [0.29, 0.717) is 0 Å². The Morgan fingerprint density at radius 1 is 1.31 bits per heavy atom. The fourth-order valence-corrected chi connectivity index (χ4v) is 1.95. The number of hydrogen-bond donors (Lipinski definition) is 1. The van der Waals surface area contributed by atoms with Gasteiger partial charge in [0.1, 0.15) is 5.75 Å². The van der Waals surface area contributed by atoms with Gasteiger partial charge in [-0.1, -0.05) is 17.7 Å². The molecule has 1 heterocycles. The molecule has 0 radical (unpaired) electrons. The van der Waals surface area contributed by atoms with Gasteiger partial charge in [-0.3, -0.25) is 0 Å². The summed E-state index contributed by atoms with van der Waals surface area (Å²) in [5.41, 5.74) is 2.44. The van der Waals surface area contributed by atoms with Crippen molar-refractivity contribution in [3.05, 3.63) is 34.9 Å². The molecule has 0 spiro atoms. The number of halogens is 2. The van der Waals surface area contributed by atoms with Gasteiger partial charge in [-0.05, 0) is 42.3 Å². The van der Waals surface area contributed by atoms with E-state index in [2.05, 4.69) is 11.4 Å². The number of ether oxygens (including phenoxy) is 1. The van der Waals surface area contributed by atoms with Crippen LogP contribution in [0.15, 0.2) is 24.3 Å². The maximum Gasteiger partial charge on any atom is 0.120 e. The molecule has 0 atom stereocenters. The first-order valence-corrected chi connectivity index (χ1v) is 5.42. The lowest BCUT2D eigenvalue weighted by Crippen LogP contribution is -2.21. The molecule has 1 aromatic rings. The summed E-state index contributed by atoms with van der Waals surface area (Å²) in [5, 5.41) is 4.06. The minimum atomic E-state index is 0. The zero-order valence-electron chi connectivity index (χ0n) is 9.13. The van der Waals surface area contributed by atoms with Crippen molar-refractivity contribution in [3.8, 4) is 5.75 Å². The minimum Gasteiger partial charge on any atom is -0.497 e. The van der Waals surface area contributed by atoms with Crippen molar-refractivity contribution in [2.45, 2.75) is 6.42 Å². The Morgan fingerprint density at radius 2 is 2.12 bits per heavy atom. The van der Waals surface area contributed by atoms with Crippen molar-refractivity contribution in [2.75, 3.05) is 20.2 Å². The summed E-state index contributed by atoms with van der Waals surface area (Å²) in [6.45, 7) is 1.96. The second-order valence-corrected chi connectivity index (χ2v) is 4.01. The van der Waals surface area contributed by atoms with E-state index in [4.69, 9.17) is 16.3 Å². The molecule has 0 aromatic heterocycles. The van der Waals surface area contributed by atoms with E-state index < -0.39 is 0 Å². The average molecular weight is 260 g/mol. The third kappa shape index (κ3) is 3.14. The largest absolute Gasteiger partial charge is 0.497 e. The molecule has 0 amide bonds. The standard InChI is InChI=1S/C12H14ClNO.ClH/c1-15-12-6-10(5-11(13)7-12)9-3-2-4-14-8-9;/h3,5-7,14H,2,4,8H2,1H3;1H. The Labute approximate surface area is 107 Å². The zero-order valence-corrected chi connectivity index (χ0v) is 10.7. The summed E-state index contributed by atoms with van der Waals surface area (Å²) in [4.78, 5) is 0. The number of nitrogens with one attached hydrogen (secondary N) is 1. The Balaban J connectivity index is 0.00000128. The first kappa shape index (κ1) is 13.4. The van der Waals surface area contributed by atoms with E-state index in [1.54, 1.807) is 7.11 Å². The molecule has 0 saturated heterocycles. The normalized spacial score (nSPS) is 15.0. The van der Waals surface area contributed by atoms with Gasteiger partial charge >= 0.3 is 0 Å². The quantitative estimate of drug-likeness (QED) is 0.882. The third-order valence-corrected chi connectivity index (χ3v) is 2.72. The molecule has 0 bridgehead atoms. The lowest BCUT2D eigenvalue weighted by atomic mass is 10.0. The van der Waals surface area contributed by atoms with Crippen LogP contribution in [0.2, 0.25) is 5.02 Å². The molecular weight excluding hydrogens is 245 g/mol. The molecule has 1 aliphatic heterocycles. The summed E-state index contributed by atoms with van der Waals surface area (Å²) in [6, 6.07) is 5.81. The first-order chi connectivity index (χ1) is 7.29. The van der Waals surface area contributed by atoms with Gasteiger partial charge in [0.15, 0.2) is 0 Å². The monoisotopic (exact) mass is 259 g/mol. The fraction of sp³-hybridized carbons (Fsp3) is 0.333. The summed E-state index contributed by atoms with van der Waals surface area (Å²) < 4.78 is 5.19.